The molecular weight excluding hydrogens is 1090 g/mol. The van der Waals surface area contributed by atoms with E-state index in [0.29, 0.717) is 27.7 Å². The number of guanidine groups is 1. The summed E-state index contributed by atoms with van der Waals surface area (Å²) < 4.78 is 0. The Balaban J connectivity index is 1.27. The lowest BCUT2D eigenvalue weighted by atomic mass is 10.0. The van der Waals surface area contributed by atoms with Gasteiger partial charge in [0.25, 0.3) is 0 Å². The number of primary amides is 1. The number of nitrogens with two attached hydrogens (primary N) is 3. The van der Waals surface area contributed by atoms with Gasteiger partial charge in [0.05, 0.1) is 31.0 Å². The Morgan fingerprint density at radius 2 is 1.15 bits per heavy atom. The number of para-hydroxylation sites is 2. The lowest BCUT2D eigenvalue weighted by molar-refractivity contribution is -0.142. The van der Waals surface area contributed by atoms with Crippen molar-refractivity contribution in [2.75, 3.05) is 18.8 Å². The number of H-pyrrole nitrogens is 3. The Morgan fingerprint density at radius 1 is 0.622 bits per heavy atom. The number of hydrogen-bond acceptors (Lipinski definition) is 15. The summed E-state index contributed by atoms with van der Waals surface area (Å²) in [6.45, 7) is 0.574. The first-order chi connectivity index (χ1) is 39.0. The number of aliphatic carboxylic acids is 2. The number of imidazole rings is 1. The van der Waals surface area contributed by atoms with Crippen LogP contribution in [0.1, 0.15) is 55.8 Å². The number of benzene rings is 2. The quantitative estimate of drug-likeness (QED) is 0.00831. The molecular formula is C51H67N17O13S. The fraction of sp³-hybridized carbons (Fsp3) is 0.392. The zero-order valence-electron chi connectivity index (χ0n) is 44.3. The highest BCUT2D eigenvalue weighted by molar-refractivity contribution is 7.80. The van der Waals surface area contributed by atoms with Crippen LogP contribution in [0, 0.1) is 5.41 Å². The van der Waals surface area contributed by atoms with E-state index < -0.39 is 133 Å². The first-order valence-corrected chi connectivity index (χ1v) is 26.3. The molecule has 21 N–H and O–H groups in total. The van der Waals surface area contributed by atoms with Crippen molar-refractivity contribution < 1.29 is 63.0 Å². The van der Waals surface area contributed by atoms with Crippen LogP contribution >= 0.6 is 12.6 Å². The van der Waals surface area contributed by atoms with Crippen LogP contribution in [0.3, 0.4) is 0 Å². The van der Waals surface area contributed by atoms with Gasteiger partial charge in [-0.15, -0.1) is 0 Å². The number of nitrogens with one attached hydrogen (secondary N) is 13. The van der Waals surface area contributed by atoms with Gasteiger partial charge in [-0.1, -0.05) is 36.4 Å². The molecule has 0 unspecified atom stereocenters. The average molecular weight is 1160 g/mol. The molecule has 0 saturated carbocycles. The molecule has 8 atom stereocenters. The number of hydrogen-bond donors (Lipinski definition) is 19. The maximum Gasteiger partial charge on any atom is 0.327 e. The van der Waals surface area contributed by atoms with Crippen molar-refractivity contribution in [3.63, 3.8) is 0 Å². The number of carbonyl (C=O) groups is 11. The molecule has 3 heterocycles. The molecule has 0 aliphatic heterocycles. The largest absolute Gasteiger partial charge is 0.481 e. The predicted molar refractivity (Wildman–Crippen MR) is 298 cm³/mol. The predicted octanol–water partition coefficient (Wildman–Crippen LogP) is -3.72. The summed E-state index contributed by atoms with van der Waals surface area (Å²) in [6.07, 6.45) is 3.82. The maximum atomic E-state index is 14.1. The molecule has 0 spiro atoms. The Morgan fingerprint density at radius 3 is 1.72 bits per heavy atom. The summed E-state index contributed by atoms with van der Waals surface area (Å²) >= 11 is 3.97. The van der Waals surface area contributed by atoms with Crippen molar-refractivity contribution in [1.82, 2.24) is 67.8 Å². The van der Waals surface area contributed by atoms with E-state index in [4.69, 9.17) is 22.6 Å². The minimum Gasteiger partial charge on any atom is -0.481 e. The molecule has 5 aromatic rings. The number of fused-ring (bicyclic) bond motifs is 2. The van der Waals surface area contributed by atoms with Crippen molar-refractivity contribution >= 4 is 105 Å². The van der Waals surface area contributed by atoms with Crippen LogP contribution in [0.4, 0.5) is 0 Å². The van der Waals surface area contributed by atoms with Gasteiger partial charge in [0, 0.05) is 72.0 Å². The van der Waals surface area contributed by atoms with E-state index in [1.165, 1.54) is 19.4 Å². The number of aromatic amines is 3. The average Bonchev–Trinajstić information content (AvgIpc) is 4.29. The van der Waals surface area contributed by atoms with Gasteiger partial charge in [0.15, 0.2) is 5.96 Å². The Bertz CT molecular complexity index is 3110. The van der Waals surface area contributed by atoms with E-state index >= 15 is 0 Å². The molecule has 5 rings (SSSR count). The van der Waals surface area contributed by atoms with Gasteiger partial charge in [-0.3, -0.25) is 53.4 Å². The van der Waals surface area contributed by atoms with E-state index in [2.05, 4.69) is 80.4 Å². The first kappa shape index (κ1) is 63.3. The van der Waals surface area contributed by atoms with Crippen LogP contribution in [-0.2, 0) is 72.0 Å². The van der Waals surface area contributed by atoms with Crippen molar-refractivity contribution in [2.45, 2.75) is 107 Å². The van der Waals surface area contributed by atoms with E-state index in [9.17, 15) is 63.0 Å². The normalized spacial score (nSPS) is 14.0. The Kier molecular flexibility index (Phi) is 23.7. The number of carbonyl (C=O) groups excluding carboxylic acids is 9. The van der Waals surface area contributed by atoms with Gasteiger partial charge in [-0.05, 0) is 55.9 Å². The van der Waals surface area contributed by atoms with Gasteiger partial charge >= 0.3 is 11.9 Å². The third-order valence-electron chi connectivity index (χ3n) is 12.7. The number of amides is 9. The van der Waals surface area contributed by atoms with Crippen LogP contribution in [0.15, 0.2) is 73.4 Å². The maximum absolute atomic E-state index is 14.1. The highest BCUT2D eigenvalue weighted by Crippen LogP contribution is 2.21. The minimum absolute atomic E-state index is 0.0291. The molecule has 0 aliphatic rings. The SMILES string of the molecule is C[C@H](NC(=O)CNC(=O)[C@H](Cc1c[nH]c2ccccc12)NC(=O)[C@H](CC(=O)O)NC(=O)[C@H](CCC(N)=O)NC(=O)[C@@H](N)Cc1c[nH]c2ccccc12)C(=O)N[C@@H](Cc1c[nH]cn1)C(=O)N[C@@H](CCCNC(=N)N)C(=O)N[C@@H](CS)C(=O)O. The highest BCUT2D eigenvalue weighted by Gasteiger charge is 2.34. The standard InChI is InChI=1S/C51H67N17O13S/c1-25(43(73)65-37(17-28-21-56-24-61-28)48(78)64-34(11-6-14-57-51(54)55)46(76)68-39(23-82)50(80)81)62-41(70)22-60-45(75)36(16-27-20-59-33-10-5-3-8-30(27)33)66-49(79)38(18-42(71)72)67-47(77)35(12-13-40(53)69)63-44(74)31(52)15-26-19-58-32-9-4-2-7-29(26)32/h2-5,7-10,19-21,24-25,31,34-39,58-59,82H,6,11-18,22-23,52H2,1H3,(H2,53,69)(H,56,61)(H,60,75)(H,62,70)(H,63,74)(H,64,78)(H,65,73)(H,66,79)(H,67,77)(H,68,76)(H,71,72)(H,80,81)(H4,54,55,57)/t25-,31-,34-,35-,36-,37-,38-,39-/m0/s1. The van der Waals surface area contributed by atoms with Crippen molar-refractivity contribution in [3.8, 4) is 0 Å². The lowest BCUT2D eigenvalue weighted by Gasteiger charge is -2.25. The van der Waals surface area contributed by atoms with E-state index in [1.807, 2.05) is 18.2 Å². The van der Waals surface area contributed by atoms with Gasteiger partial charge in [0.1, 0.15) is 42.3 Å². The summed E-state index contributed by atoms with van der Waals surface area (Å²) in [6, 6.07) is 2.41. The van der Waals surface area contributed by atoms with Gasteiger partial charge < -0.3 is 90.2 Å². The first-order valence-electron chi connectivity index (χ1n) is 25.7. The van der Waals surface area contributed by atoms with Crippen LogP contribution in [0.5, 0.6) is 0 Å². The van der Waals surface area contributed by atoms with Gasteiger partial charge in [-0.2, -0.15) is 12.6 Å². The second kappa shape index (κ2) is 30.7. The topological polar surface area (TPSA) is 499 Å². The molecule has 31 heteroatoms. The van der Waals surface area contributed by atoms with Crippen molar-refractivity contribution in [1.29, 1.82) is 5.41 Å². The minimum atomic E-state index is -1.89. The summed E-state index contributed by atoms with van der Waals surface area (Å²) in [5.74, 6) is -12.1. The molecule has 0 aliphatic carbocycles. The number of rotatable bonds is 33. The fourth-order valence-corrected chi connectivity index (χ4v) is 8.66. The van der Waals surface area contributed by atoms with Crippen LogP contribution in [0.2, 0.25) is 0 Å². The molecule has 82 heavy (non-hydrogen) atoms. The van der Waals surface area contributed by atoms with Crippen LogP contribution in [-0.4, -0.2) is 168 Å². The summed E-state index contributed by atoms with van der Waals surface area (Å²) in [7, 11) is 0. The molecule has 2 aromatic carbocycles. The number of carboxylic acids is 2. The number of thiol groups is 1. The van der Waals surface area contributed by atoms with Gasteiger partial charge in [0.2, 0.25) is 53.2 Å². The number of carboxylic acid groups (broad SMARTS) is 2. The number of nitrogens with zero attached hydrogens (tertiary/aromatic N) is 1. The molecule has 9 amide bonds. The van der Waals surface area contributed by atoms with Gasteiger partial charge in [-0.25, -0.2) is 9.78 Å². The lowest BCUT2D eigenvalue weighted by Crippen LogP contribution is -2.59. The Labute approximate surface area is 473 Å². The van der Waals surface area contributed by atoms with Crippen molar-refractivity contribution in [2.24, 2.45) is 17.2 Å². The molecule has 30 nitrogen and oxygen atoms in total. The van der Waals surface area contributed by atoms with E-state index in [-0.39, 0.29) is 56.8 Å². The smallest absolute Gasteiger partial charge is 0.327 e. The molecule has 0 radical (unpaired) electrons. The third kappa shape index (κ3) is 19.4. The number of aromatic nitrogens is 4. The Hall–Kier alpha value is -9.52. The molecule has 0 bridgehead atoms. The molecule has 3 aromatic heterocycles. The zero-order valence-corrected chi connectivity index (χ0v) is 45.2. The monoisotopic (exact) mass is 1160 g/mol. The summed E-state index contributed by atoms with van der Waals surface area (Å²) in [4.78, 5) is 158. The van der Waals surface area contributed by atoms with E-state index in [0.717, 1.165) is 10.9 Å². The summed E-state index contributed by atoms with van der Waals surface area (Å²) in [5.41, 5.74) is 19.9. The third-order valence-corrected chi connectivity index (χ3v) is 13.1. The fourth-order valence-electron chi connectivity index (χ4n) is 8.42. The van der Waals surface area contributed by atoms with E-state index in [1.54, 1.807) is 42.7 Å². The second-order valence-corrected chi connectivity index (χ2v) is 19.3. The zero-order chi connectivity index (χ0) is 60.0. The second-order valence-electron chi connectivity index (χ2n) is 19.0. The van der Waals surface area contributed by atoms with Crippen LogP contribution < -0.4 is 65.1 Å². The molecule has 440 valence electrons. The van der Waals surface area contributed by atoms with Crippen molar-refractivity contribution in [3.05, 3.63) is 90.3 Å². The highest BCUT2D eigenvalue weighted by atomic mass is 32.1. The molecule has 0 fully saturated rings. The molecule has 0 saturated heterocycles. The van der Waals surface area contributed by atoms with Crippen LogP contribution in [0.25, 0.3) is 21.8 Å². The summed E-state index contributed by atoms with van der Waals surface area (Å²) in [5, 5.41) is 50.2.